The quantitative estimate of drug-likeness (QED) is 0.487. The summed E-state index contributed by atoms with van der Waals surface area (Å²) < 4.78 is 5.65. The van der Waals surface area contributed by atoms with Gasteiger partial charge in [-0.05, 0) is 65.9 Å². The van der Waals surface area contributed by atoms with Gasteiger partial charge in [0.15, 0.2) is 0 Å². The molecular formula is C27H30N2O5S. The van der Waals surface area contributed by atoms with E-state index in [1.165, 1.54) is 11.1 Å². The smallest absolute Gasteiger partial charge is 0.407 e. The van der Waals surface area contributed by atoms with Crippen molar-refractivity contribution in [3.05, 3.63) is 59.7 Å². The summed E-state index contributed by atoms with van der Waals surface area (Å²) in [6.07, 6.45) is 3.80. The predicted molar refractivity (Wildman–Crippen MR) is 134 cm³/mol. The predicted octanol–water partition coefficient (Wildman–Crippen LogP) is 4.02. The number of hydrogen-bond donors (Lipinski definition) is 3. The van der Waals surface area contributed by atoms with Crippen molar-refractivity contribution in [1.29, 1.82) is 0 Å². The first kappa shape index (κ1) is 23.7. The minimum atomic E-state index is -1.01. The van der Waals surface area contributed by atoms with Crippen LogP contribution in [-0.4, -0.2) is 53.8 Å². The Balaban J connectivity index is 1.15. The summed E-state index contributed by atoms with van der Waals surface area (Å²) in [6, 6.07) is 15.4. The molecule has 3 aliphatic carbocycles. The van der Waals surface area contributed by atoms with Gasteiger partial charge in [0.2, 0.25) is 5.91 Å². The first-order valence-electron chi connectivity index (χ1n) is 12.1. The maximum absolute atomic E-state index is 12.9. The maximum atomic E-state index is 12.9. The van der Waals surface area contributed by atoms with Gasteiger partial charge in [0.05, 0.1) is 5.41 Å². The lowest BCUT2D eigenvalue weighted by molar-refractivity contribution is -0.142. The molecule has 2 saturated carbocycles. The molecule has 0 spiro atoms. The van der Waals surface area contributed by atoms with E-state index < -0.39 is 23.5 Å². The molecule has 35 heavy (non-hydrogen) atoms. The SMILES string of the molecule is CSCC[C@@H](NC(=O)[C@@]12C[C@@H](NC(=O)OCC3c4ccccc4-c4ccccc43)C[C@@H]1C2)C(=O)O. The number of amides is 2. The molecule has 2 amide bonds. The molecule has 0 radical (unpaired) electrons. The van der Waals surface area contributed by atoms with Crippen LogP contribution in [0.25, 0.3) is 11.1 Å². The summed E-state index contributed by atoms with van der Waals surface area (Å²) in [7, 11) is 0. The molecule has 3 aliphatic rings. The molecule has 0 aliphatic heterocycles. The van der Waals surface area contributed by atoms with E-state index in [9.17, 15) is 19.5 Å². The standard InChI is InChI=1S/C27H30N2O5S/c1-35-11-10-23(24(30)31)29-25(32)27-13-16(27)12-17(14-27)28-26(33)34-15-22-20-8-4-2-6-18(20)19-7-3-5-9-21(19)22/h2-9,16-17,22-23H,10-15H2,1H3,(H,28,33)(H,29,32)(H,30,31)/t16-,17+,23-,27+/m1/s1. The van der Waals surface area contributed by atoms with Crippen LogP contribution in [0.15, 0.2) is 48.5 Å². The van der Waals surface area contributed by atoms with E-state index in [-0.39, 0.29) is 30.4 Å². The van der Waals surface area contributed by atoms with Crippen LogP contribution in [0, 0.1) is 11.3 Å². The van der Waals surface area contributed by atoms with Crippen molar-refractivity contribution in [1.82, 2.24) is 10.6 Å². The van der Waals surface area contributed by atoms with E-state index in [0.717, 1.165) is 17.5 Å². The van der Waals surface area contributed by atoms with Crippen molar-refractivity contribution in [2.24, 2.45) is 11.3 Å². The molecule has 5 rings (SSSR count). The first-order valence-corrected chi connectivity index (χ1v) is 13.5. The third-order valence-electron chi connectivity index (χ3n) is 7.74. The molecule has 2 aromatic rings. The fourth-order valence-electron chi connectivity index (χ4n) is 5.89. The highest BCUT2D eigenvalue weighted by Gasteiger charge is 2.65. The molecule has 2 fully saturated rings. The summed E-state index contributed by atoms with van der Waals surface area (Å²) in [6.45, 7) is 0.247. The lowest BCUT2D eigenvalue weighted by atomic mass is 9.98. The number of aliphatic carboxylic acids is 1. The summed E-state index contributed by atoms with van der Waals surface area (Å²) in [5.74, 6) is -0.368. The van der Waals surface area contributed by atoms with Gasteiger partial charge in [-0.3, -0.25) is 4.79 Å². The number of nitrogens with one attached hydrogen (secondary N) is 2. The number of alkyl carbamates (subject to hydrolysis) is 1. The Bertz CT molecular complexity index is 1110. The van der Waals surface area contributed by atoms with Crippen molar-refractivity contribution in [2.45, 2.75) is 43.7 Å². The van der Waals surface area contributed by atoms with Gasteiger partial charge >= 0.3 is 12.1 Å². The Morgan fingerprint density at radius 2 is 1.74 bits per heavy atom. The highest BCUT2D eigenvalue weighted by atomic mass is 32.2. The van der Waals surface area contributed by atoms with Gasteiger partial charge in [0.25, 0.3) is 0 Å². The molecule has 0 heterocycles. The van der Waals surface area contributed by atoms with E-state index in [4.69, 9.17) is 4.74 Å². The minimum Gasteiger partial charge on any atom is -0.480 e. The number of fused-ring (bicyclic) bond motifs is 4. The molecule has 3 N–H and O–H groups in total. The Labute approximate surface area is 209 Å². The summed E-state index contributed by atoms with van der Waals surface area (Å²) >= 11 is 1.55. The summed E-state index contributed by atoms with van der Waals surface area (Å²) in [5, 5.41) is 15.1. The molecule has 4 atom stereocenters. The molecule has 7 nitrogen and oxygen atoms in total. The largest absolute Gasteiger partial charge is 0.480 e. The van der Waals surface area contributed by atoms with Crippen LogP contribution in [-0.2, 0) is 14.3 Å². The number of carboxylic acid groups (broad SMARTS) is 1. The molecule has 0 aromatic heterocycles. The number of carbonyl (C=O) groups is 3. The first-order chi connectivity index (χ1) is 16.9. The molecule has 8 heteroatoms. The second-order valence-corrected chi connectivity index (χ2v) is 10.8. The lowest BCUT2D eigenvalue weighted by Crippen LogP contribution is -2.45. The monoisotopic (exact) mass is 494 g/mol. The maximum Gasteiger partial charge on any atom is 0.407 e. The number of carbonyl (C=O) groups excluding carboxylic acids is 2. The molecule has 2 aromatic carbocycles. The topological polar surface area (TPSA) is 105 Å². The Hall–Kier alpha value is -3.00. The van der Waals surface area contributed by atoms with Gasteiger partial charge in [-0.15, -0.1) is 0 Å². The van der Waals surface area contributed by atoms with Crippen molar-refractivity contribution in [3.63, 3.8) is 0 Å². The summed E-state index contributed by atoms with van der Waals surface area (Å²) in [4.78, 5) is 37.1. The second-order valence-electron chi connectivity index (χ2n) is 9.81. The fourth-order valence-corrected chi connectivity index (χ4v) is 6.36. The van der Waals surface area contributed by atoms with Crippen molar-refractivity contribution in [3.8, 4) is 11.1 Å². The van der Waals surface area contributed by atoms with Crippen LogP contribution in [0.2, 0.25) is 0 Å². The van der Waals surface area contributed by atoms with E-state index in [0.29, 0.717) is 25.0 Å². The highest BCUT2D eigenvalue weighted by molar-refractivity contribution is 7.98. The van der Waals surface area contributed by atoms with Crippen LogP contribution >= 0.6 is 11.8 Å². The molecule has 0 unspecified atom stereocenters. The molecular weight excluding hydrogens is 464 g/mol. The molecule has 0 bridgehead atoms. The number of rotatable bonds is 9. The van der Waals surface area contributed by atoms with Gasteiger partial charge in [0.1, 0.15) is 12.6 Å². The van der Waals surface area contributed by atoms with Gasteiger partial charge < -0.3 is 20.5 Å². The van der Waals surface area contributed by atoms with Gasteiger partial charge in [-0.1, -0.05) is 48.5 Å². The average Bonchev–Trinajstić information content (AvgIpc) is 3.28. The molecule has 0 saturated heterocycles. The van der Waals surface area contributed by atoms with Gasteiger partial charge in [0, 0.05) is 12.0 Å². The minimum absolute atomic E-state index is 0.00325. The van der Waals surface area contributed by atoms with Crippen LogP contribution in [0.5, 0.6) is 0 Å². The van der Waals surface area contributed by atoms with Gasteiger partial charge in [-0.2, -0.15) is 11.8 Å². The summed E-state index contributed by atoms with van der Waals surface area (Å²) in [5.41, 5.74) is 4.12. The van der Waals surface area contributed by atoms with Crippen molar-refractivity contribution >= 4 is 29.7 Å². The van der Waals surface area contributed by atoms with E-state index in [1.807, 2.05) is 30.5 Å². The number of benzene rings is 2. The van der Waals surface area contributed by atoms with Crippen LogP contribution < -0.4 is 10.6 Å². The zero-order valence-electron chi connectivity index (χ0n) is 19.7. The Morgan fingerprint density at radius 3 is 2.37 bits per heavy atom. The third kappa shape index (κ3) is 4.51. The van der Waals surface area contributed by atoms with Crippen molar-refractivity contribution in [2.75, 3.05) is 18.6 Å². The average molecular weight is 495 g/mol. The number of hydrogen-bond acceptors (Lipinski definition) is 5. The van der Waals surface area contributed by atoms with Crippen LogP contribution in [0.1, 0.15) is 42.7 Å². The van der Waals surface area contributed by atoms with E-state index in [2.05, 4.69) is 34.9 Å². The van der Waals surface area contributed by atoms with E-state index in [1.54, 1.807) is 11.8 Å². The highest BCUT2D eigenvalue weighted by Crippen LogP contribution is 2.63. The zero-order valence-corrected chi connectivity index (χ0v) is 20.5. The number of carboxylic acids is 1. The van der Waals surface area contributed by atoms with Crippen molar-refractivity contribution < 1.29 is 24.2 Å². The second kappa shape index (κ2) is 9.57. The molecule has 184 valence electrons. The van der Waals surface area contributed by atoms with Crippen LogP contribution in [0.4, 0.5) is 4.79 Å². The lowest BCUT2D eigenvalue weighted by Gasteiger charge is -2.21. The van der Waals surface area contributed by atoms with Crippen LogP contribution in [0.3, 0.4) is 0 Å². The normalized spacial score (nSPS) is 24.6. The third-order valence-corrected chi connectivity index (χ3v) is 8.39. The van der Waals surface area contributed by atoms with E-state index >= 15 is 0 Å². The Kier molecular flexibility index (Phi) is 6.49. The fraction of sp³-hybridized carbons (Fsp3) is 0.444. The van der Waals surface area contributed by atoms with Gasteiger partial charge in [-0.25, -0.2) is 9.59 Å². The number of thioether (sulfide) groups is 1. The zero-order chi connectivity index (χ0) is 24.6. The Morgan fingerprint density at radius 1 is 1.09 bits per heavy atom. The number of ether oxygens (including phenoxy) is 1.